The molecule has 1 N–H and O–H groups in total. The predicted octanol–water partition coefficient (Wildman–Crippen LogP) is 5.69. The molecule has 2 amide bonds. The Morgan fingerprint density at radius 3 is 2.53 bits per heavy atom. The molecule has 0 unspecified atom stereocenters. The van der Waals surface area contributed by atoms with Crippen LogP contribution in [0, 0.1) is 5.92 Å². The SMILES string of the molecule is C[C@H]1[C@H]([Si](C)(C)F)[C@@H](CCO)O[C@]12C(=O)N(Cc1ccccc1)c1ccc(N3CCCCCCC3=O)cc12. The Morgan fingerprint density at radius 1 is 1.08 bits per heavy atom. The molecule has 0 aliphatic carbocycles. The number of hydrogen-bond donors (Lipinski definition) is 1. The third kappa shape index (κ3) is 4.60. The first kappa shape index (κ1) is 27.0. The minimum atomic E-state index is -3.27. The molecule has 2 aromatic carbocycles. The van der Waals surface area contributed by atoms with E-state index in [4.69, 9.17) is 4.74 Å². The van der Waals surface area contributed by atoms with Crippen LogP contribution in [0.3, 0.4) is 0 Å². The first-order chi connectivity index (χ1) is 18.2. The van der Waals surface area contributed by atoms with Gasteiger partial charge in [0, 0.05) is 42.3 Å². The highest BCUT2D eigenvalue weighted by atomic mass is 28.4. The van der Waals surface area contributed by atoms with Crippen molar-refractivity contribution in [1.82, 2.24) is 0 Å². The normalized spacial score (nSPS) is 28.1. The molecule has 2 aromatic rings. The van der Waals surface area contributed by atoms with Crippen LogP contribution in [0.2, 0.25) is 18.6 Å². The zero-order valence-corrected chi connectivity index (χ0v) is 23.7. The fraction of sp³-hybridized carbons (Fsp3) is 0.533. The largest absolute Gasteiger partial charge is 0.396 e. The van der Waals surface area contributed by atoms with E-state index in [1.54, 1.807) is 18.0 Å². The molecule has 8 heteroatoms. The van der Waals surface area contributed by atoms with Crippen molar-refractivity contribution in [3.63, 3.8) is 0 Å². The zero-order chi connectivity index (χ0) is 27.1. The van der Waals surface area contributed by atoms with Crippen LogP contribution < -0.4 is 9.80 Å². The number of benzene rings is 2. The molecule has 5 rings (SSSR count). The van der Waals surface area contributed by atoms with E-state index < -0.39 is 31.6 Å². The fourth-order valence-electron chi connectivity index (χ4n) is 6.96. The average molecular weight is 539 g/mol. The Morgan fingerprint density at radius 2 is 1.82 bits per heavy atom. The van der Waals surface area contributed by atoms with Crippen LogP contribution in [-0.4, -0.2) is 44.6 Å². The molecule has 4 atom stereocenters. The summed E-state index contributed by atoms with van der Waals surface area (Å²) in [7, 11) is -3.27. The molecule has 6 nitrogen and oxygen atoms in total. The molecule has 2 saturated heterocycles. The van der Waals surface area contributed by atoms with Gasteiger partial charge in [-0.15, -0.1) is 0 Å². The van der Waals surface area contributed by atoms with Gasteiger partial charge in [0.05, 0.1) is 18.3 Å². The van der Waals surface area contributed by atoms with E-state index >= 15 is 4.11 Å². The average Bonchev–Trinajstić information content (AvgIpc) is 3.29. The summed E-state index contributed by atoms with van der Waals surface area (Å²) in [5.41, 5.74) is 1.40. The van der Waals surface area contributed by atoms with Crippen LogP contribution in [0.5, 0.6) is 0 Å². The molecule has 0 radical (unpaired) electrons. The predicted molar refractivity (Wildman–Crippen MR) is 149 cm³/mol. The number of ether oxygens (including phenoxy) is 1. The van der Waals surface area contributed by atoms with Crippen LogP contribution in [0.25, 0.3) is 0 Å². The lowest BCUT2D eigenvalue weighted by Gasteiger charge is -2.32. The number of anilines is 2. The molecule has 38 heavy (non-hydrogen) atoms. The van der Waals surface area contributed by atoms with E-state index in [0.29, 0.717) is 25.1 Å². The number of aliphatic hydroxyl groups is 1. The molecule has 0 saturated carbocycles. The van der Waals surface area contributed by atoms with Crippen molar-refractivity contribution >= 4 is 31.6 Å². The van der Waals surface area contributed by atoms with Crippen molar-refractivity contribution in [2.24, 2.45) is 5.92 Å². The lowest BCUT2D eigenvalue weighted by molar-refractivity contribution is -0.146. The maximum atomic E-state index is 15.8. The van der Waals surface area contributed by atoms with Gasteiger partial charge in [-0.3, -0.25) is 9.59 Å². The highest BCUT2D eigenvalue weighted by molar-refractivity contribution is 6.72. The quantitative estimate of drug-likeness (QED) is 0.379. The number of hydrogen-bond acceptors (Lipinski definition) is 4. The smallest absolute Gasteiger partial charge is 0.264 e. The van der Waals surface area contributed by atoms with Crippen molar-refractivity contribution in [2.75, 3.05) is 23.0 Å². The lowest BCUT2D eigenvalue weighted by Crippen LogP contribution is -2.45. The van der Waals surface area contributed by atoms with E-state index in [2.05, 4.69) is 0 Å². The fourth-order valence-corrected chi connectivity index (χ4v) is 9.50. The molecule has 0 bridgehead atoms. The number of halogens is 1. The number of carbonyl (C=O) groups is 2. The lowest BCUT2D eigenvalue weighted by atomic mass is 9.82. The third-order valence-electron chi connectivity index (χ3n) is 8.68. The van der Waals surface area contributed by atoms with Crippen molar-refractivity contribution in [2.45, 2.75) is 82.3 Å². The molecule has 204 valence electrons. The summed E-state index contributed by atoms with van der Waals surface area (Å²) in [4.78, 5) is 31.1. The van der Waals surface area contributed by atoms with E-state index in [0.717, 1.165) is 42.6 Å². The molecule has 2 fully saturated rings. The number of carbonyl (C=O) groups excluding carboxylic acids is 2. The standard InChI is InChI=1S/C30H39FN2O4Si/c1-21-28(38(2,3)31)26(16-18-34)37-30(21)24-19-23(32-17-10-5-4-9-13-27(32)35)14-15-25(24)33(29(30)36)20-22-11-7-6-8-12-22/h6-8,11-12,14-15,19,21,26,28,34H,4-5,9-10,13,16-18,20H2,1-3H3/t21-,26+,28-,30+/m0/s1. The molecule has 1 spiro atoms. The van der Waals surface area contributed by atoms with Gasteiger partial charge in [-0.05, 0) is 56.1 Å². The third-order valence-corrected chi connectivity index (χ3v) is 11.1. The molecule has 3 aliphatic heterocycles. The second-order valence-electron chi connectivity index (χ2n) is 11.6. The Bertz CT molecular complexity index is 1190. The summed E-state index contributed by atoms with van der Waals surface area (Å²) in [6.07, 6.45) is 4.21. The monoisotopic (exact) mass is 538 g/mol. The molecular weight excluding hydrogens is 499 g/mol. The van der Waals surface area contributed by atoms with Crippen LogP contribution in [0.4, 0.5) is 15.5 Å². The Balaban J connectivity index is 1.63. The Kier molecular flexibility index (Phi) is 7.50. The molecule has 0 aromatic heterocycles. The summed E-state index contributed by atoms with van der Waals surface area (Å²) >= 11 is 0. The minimum absolute atomic E-state index is 0.0953. The van der Waals surface area contributed by atoms with Crippen molar-refractivity contribution in [3.05, 3.63) is 59.7 Å². The van der Waals surface area contributed by atoms with Crippen molar-refractivity contribution in [3.8, 4) is 0 Å². The van der Waals surface area contributed by atoms with Gasteiger partial charge in [-0.2, -0.15) is 0 Å². The van der Waals surface area contributed by atoms with Gasteiger partial charge in [0.1, 0.15) is 0 Å². The van der Waals surface area contributed by atoms with Gasteiger partial charge in [0.2, 0.25) is 14.3 Å². The number of nitrogens with zero attached hydrogens (tertiary/aromatic N) is 2. The molecule has 3 aliphatic rings. The van der Waals surface area contributed by atoms with Gasteiger partial charge >= 0.3 is 0 Å². The molecule has 3 heterocycles. The minimum Gasteiger partial charge on any atom is -0.396 e. The van der Waals surface area contributed by atoms with Crippen LogP contribution in [0.1, 0.15) is 56.6 Å². The number of rotatable bonds is 6. The van der Waals surface area contributed by atoms with Crippen molar-refractivity contribution in [1.29, 1.82) is 0 Å². The summed E-state index contributed by atoms with van der Waals surface area (Å²) in [5.74, 6) is -0.516. The van der Waals surface area contributed by atoms with Crippen LogP contribution >= 0.6 is 0 Å². The Hall–Kier alpha value is -2.55. The number of amides is 2. The van der Waals surface area contributed by atoms with E-state index in [1.807, 2.05) is 60.4 Å². The summed E-state index contributed by atoms with van der Waals surface area (Å²) in [6, 6.07) is 15.6. The van der Waals surface area contributed by atoms with Gasteiger partial charge in [-0.25, -0.2) is 0 Å². The summed E-state index contributed by atoms with van der Waals surface area (Å²) in [5, 5.41) is 9.80. The van der Waals surface area contributed by atoms with E-state index in [-0.39, 0.29) is 24.8 Å². The zero-order valence-electron chi connectivity index (χ0n) is 22.7. The van der Waals surface area contributed by atoms with Crippen LogP contribution in [-0.2, 0) is 26.5 Å². The van der Waals surface area contributed by atoms with Crippen molar-refractivity contribution < 1.29 is 23.5 Å². The van der Waals surface area contributed by atoms with Gasteiger partial charge in [-0.1, -0.05) is 50.1 Å². The molecular formula is C30H39FN2O4Si. The topological polar surface area (TPSA) is 70.1 Å². The second-order valence-corrected chi connectivity index (χ2v) is 15.4. The summed E-state index contributed by atoms with van der Waals surface area (Å²) < 4.78 is 22.5. The number of aliphatic hydroxyl groups excluding tert-OH is 1. The van der Waals surface area contributed by atoms with E-state index in [9.17, 15) is 14.7 Å². The maximum Gasteiger partial charge on any atom is 0.264 e. The van der Waals surface area contributed by atoms with Gasteiger partial charge < -0.3 is 23.8 Å². The van der Waals surface area contributed by atoms with Gasteiger partial charge in [0.15, 0.2) is 5.60 Å². The first-order valence-corrected chi connectivity index (χ1v) is 16.9. The highest BCUT2D eigenvalue weighted by Crippen LogP contribution is 2.60. The Labute approximate surface area is 226 Å². The highest BCUT2D eigenvalue weighted by Gasteiger charge is 2.66. The maximum absolute atomic E-state index is 15.8. The first-order valence-electron chi connectivity index (χ1n) is 14.0. The summed E-state index contributed by atoms with van der Waals surface area (Å²) in [6.45, 7) is 6.14. The van der Waals surface area contributed by atoms with E-state index in [1.165, 1.54) is 0 Å². The van der Waals surface area contributed by atoms with Gasteiger partial charge in [0.25, 0.3) is 5.91 Å². The van der Waals surface area contributed by atoms with Crippen LogP contribution in [0.15, 0.2) is 48.5 Å². The second kappa shape index (κ2) is 10.5. The number of fused-ring (bicyclic) bond motifs is 2.